The molecule has 0 amide bonds. The van der Waals surface area contributed by atoms with Crippen LogP contribution >= 0.6 is 15.9 Å². The van der Waals surface area contributed by atoms with Gasteiger partial charge in [-0.05, 0) is 23.3 Å². The summed E-state index contributed by atoms with van der Waals surface area (Å²) in [7, 11) is 0. The number of nitrogens with one attached hydrogen (secondary N) is 1. The van der Waals surface area contributed by atoms with Crippen LogP contribution in [0.15, 0.2) is 18.5 Å². The zero-order valence-electron chi connectivity index (χ0n) is 8.14. The van der Waals surface area contributed by atoms with E-state index in [9.17, 15) is 9.90 Å². The lowest BCUT2D eigenvalue weighted by Crippen LogP contribution is -2.12. The Kier molecular flexibility index (Phi) is 2.93. The van der Waals surface area contributed by atoms with Crippen molar-refractivity contribution in [3.8, 4) is 0 Å². The van der Waals surface area contributed by atoms with Crippen LogP contribution < -0.4 is 0 Å². The number of aromatic nitrogens is 2. The number of aliphatic carboxylic acids is 1. The van der Waals surface area contributed by atoms with Gasteiger partial charge in [0.2, 0.25) is 0 Å². The van der Waals surface area contributed by atoms with Gasteiger partial charge in [0, 0.05) is 5.33 Å². The molecule has 0 aliphatic rings. The molecule has 16 heavy (non-hydrogen) atoms. The topological polar surface area (TPSA) is 86.2 Å². The number of aliphatic hydroxyl groups is 1. The first-order valence-corrected chi connectivity index (χ1v) is 5.68. The second kappa shape index (κ2) is 4.23. The minimum absolute atomic E-state index is 0.365. The number of fused-ring (bicyclic) bond motifs is 1. The zero-order chi connectivity index (χ0) is 11.7. The number of aliphatic hydroxyl groups excluding tert-OH is 1. The summed E-state index contributed by atoms with van der Waals surface area (Å²) in [5.41, 5.74) is 2.55. The Morgan fingerprint density at radius 2 is 2.31 bits per heavy atom. The van der Waals surface area contributed by atoms with E-state index in [4.69, 9.17) is 5.11 Å². The number of nitrogens with zero attached hydrogens (tertiary/aromatic N) is 1. The molecule has 5 nitrogen and oxygen atoms in total. The molecule has 0 radical (unpaired) electrons. The van der Waals surface area contributed by atoms with Crippen molar-refractivity contribution in [1.82, 2.24) is 9.97 Å². The molecule has 0 spiro atoms. The van der Waals surface area contributed by atoms with Crippen LogP contribution in [0.2, 0.25) is 0 Å². The van der Waals surface area contributed by atoms with Gasteiger partial charge < -0.3 is 15.2 Å². The van der Waals surface area contributed by atoms with Crippen LogP contribution in [-0.4, -0.2) is 26.2 Å². The molecule has 6 heteroatoms. The SMILES string of the molecule is O=C(O)C(O)c1cc2nc[nH]c2cc1CBr. The highest BCUT2D eigenvalue weighted by molar-refractivity contribution is 9.08. The van der Waals surface area contributed by atoms with Gasteiger partial charge in [0.15, 0.2) is 6.10 Å². The molecule has 0 saturated heterocycles. The van der Waals surface area contributed by atoms with Gasteiger partial charge in [-0.3, -0.25) is 0 Å². The smallest absolute Gasteiger partial charge is 0.337 e. The highest BCUT2D eigenvalue weighted by Crippen LogP contribution is 2.25. The Balaban J connectivity index is 2.61. The molecule has 0 saturated carbocycles. The predicted octanol–water partition coefficient (Wildman–Crippen LogP) is 1.58. The van der Waals surface area contributed by atoms with Crippen LogP contribution in [0, 0.1) is 0 Å². The molecule has 2 rings (SSSR count). The average Bonchev–Trinajstić information content (AvgIpc) is 2.72. The Hall–Kier alpha value is -1.40. The van der Waals surface area contributed by atoms with Crippen molar-refractivity contribution in [3.63, 3.8) is 0 Å². The Morgan fingerprint density at radius 3 is 2.94 bits per heavy atom. The van der Waals surface area contributed by atoms with Crippen molar-refractivity contribution in [1.29, 1.82) is 0 Å². The molecule has 1 aromatic carbocycles. The number of carboxylic acid groups (broad SMARTS) is 1. The van der Waals surface area contributed by atoms with Gasteiger partial charge in [-0.15, -0.1) is 0 Å². The van der Waals surface area contributed by atoms with E-state index in [-0.39, 0.29) is 0 Å². The summed E-state index contributed by atoms with van der Waals surface area (Å²) in [6.07, 6.45) is 0.00762. The molecule has 1 heterocycles. The maximum absolute atomic E-state index is 10.7. The van der Waals surface area contributed by atoms with Gasteiger partial charge in [0.1, 0.15) is 0 Å². The van der Waals surface area contributed by atoms with Crippen molar-refractivity contribution in [2.45, 2.75) is 11.4 Å². The first kappa shape index (κ1) is 11.1. The summed E-state index contributed by atoms with van der Waals surface area (Å²) in [5.74, 6) is -1.27. The van der Waals surface area contributed by atoms with Crippen LogP contribution in [0.5, 0.6) is 0 Å². The fourth-order valence-electron chi connectivity index (χ4n) is 1.55. The maximum atomic E-state index is 10.7. The fraction of sp³-hybridized carbons (Fsp3) is 0.200. The number of rotatable bonds is 3. The van der Waals surface area contributed by atoms with E-state index in [0.717, 1.165) is 11.1 Å². The molecule has 84 valence electrons. The minimum atomic E-state index is -1.52. The van der Waals surface area contributed by atoms with Crippen LogP contribution in [0.25, 0.3) is 11.0 Å². The normalized spacial score (nSPS) is 12.9. The van der Waals surface area contributed by atoms with Crippen molar-refractivity contribution in [2.24, 2.45) is 0 Å². The highest BCUT2D eigenvalue weighted by Gasteiger charge is 2.20. The third kappa shape index (κ3) is 1.81. The van der Waals surface area contributed by atoms with E-state index in [1.54, 1.807) is 12.1 Å². The molecular weight excluding hydrogens is 276 g/mol. The molecule has 0 aliphatic heterocycles. The lowest BCUT2D eigenvalue weighted by Gasteiger charge is -2.10. The monoisotopic (exact) mass is 284 g/mol. The number of carboxylic acids is 1. The van der Waals surface area contributed by atoms with Gasteiger partial charge in [-0.25, -0.2) is 9.78 Å². The van der Waals surface area contributed by atoms with Gasteiger partial charge in [0.25, 0.3) is 0 Å². The molecule has 3 N–H and O–H groups in total. The fourth-order valence-corrected chi connectivity index (χ4v) is 2.03. The van der Waals surface area contributed by atoms with E-state index in [0.29, 0.717) is 16.4 Å². The van der Waals surface area contributed by atoms with Crippen molar-refractivity contribution >= 4 is 32.9 Å². The number of aromatic amines is 1. The van der Waals surface area contributed by atoms with Gasteiger partial charge in [0.05, 0.1) is 17.4 Å². The lowest BCUT2D eigenvalue weighted by molar-refractivity contribution is -0.147. The quantitative estimate of drug-likeness (QED) is 0.747. The van der Waals surface area contributed by atoms with E-state index in [1.165, 1.54) is 6.33 Å². The molecule has 1 atom stereocenters. The number of hydrogen-bond acceptors (Lipinski definition) is 3. The predicted molar refractivity (Wildman–Crippen MR) is 61.3 cm³/mol. The lowest BCUT2D eigenvalue weighted by atomic mass is 10.0. The number of hydrogen-bond donors (Lipinski definition) is 3. The molecule has 1 aromatic heterocycles. The van der Waals surface area contributed by atoms with E-state index in [1.807, 2.05) is 0 Å². The third-order valence-electron chi connectivity index (χ3n) is 2.35. The first-order valence-electron chi connectivity index (χ1n) is 4.56. The molecule has 2 aromatic rings. The summed E-state index contributed by atoms with van der Waals surface area (Å²) >= 11 is 3.26. The number of carbonyl (C=O) groups is 1. The van der Waals surface area contributed by atoms with Crippen LogP contribution in [-0.2, 0) is 10.1 Å². The summed E-state index contributed by atoms with van der Waals surface area (Å²) in [6, 6.07) is 3.36. The number of benzene rings is 1. The van der Waals surface area contributed by atoms with Crippen molar-refractivity contribution < 1.29 is 15.0 Å². The second-order valence-electron chi connectivity index (χ2n) is 3.35. The number of halogens is 1. The Labute approximate surface area is 99.3 Å². The highest BCUT2D eigenvalue weighted by atomic mass is 79.9. The molecule has 0 bridgehead atoms. The average molecular weight is 285 g/mol. The Bertz CT molecular complexity index is 538. The van der Waals surface area contributed by atoms with Gasteiger partial charge in [-0.2, -0.15) is 0 Å². The molecule has 1 unspecified atom stereocenters. The summed E-state index contributed by atoms with van der Waals surface area (Å²) in [6.45, 7) is 0. The van der Waals surface area contributed by atoms with Gasteiger partial charge in [-0.1, -0.05) is 15.9 Å². The van der Waals surface area contributed by atoms with E-state index < -0.39 is 12.1 Å². The summed E-state index contributed by atoms with van der Waals surface area (Å²) < 4.78 is 0. The minimum Gasteiger partial charge on any atom is -0.479 e. The van der Waals surface area contributed by atoms with Crippen LogP contribution in [0.4, 0.5) is 0 Å². The molecular formula is C10H9BrN2O3. The number of alkyl halides is 1. The largest absolute Gasteiger partial charge is 0.479 e. The maximum Gasteiger partial charge on any atom is 0.337 e. The standard InChI is InChI=1S/C10H9BrN2O3/c11-3-5-1-7-8(13-4-12-7)2-6(5)9(14)10(15)16/h1-2,4,9,14H,3H2,(H,12,13)(H,15,16). The van der Waals surface area contributed by atoms with Crippen molar-refractivity contribution in [3.05, 3.63) is 29.6 Å². The van der Waals surface area contributed by atoms with Crippen LogP contribution in [0.3, 0.4) is 0 Å². The second-order valence-corrected chi connectivity index (χ2v) is 3.91. The zero-order valence-corrected chi connectivity index (χ0v) is 9.73. The summed E-state index contributed by atoms with van der Waals surface area (Å²) in [5, 5.41) is 18.8. The third-order valence-corrected chi connectivity index (χ3v) is 2.96. The number of imidazole rings is 1. The number of H-pyrrole nitrogens is 1. The van der Waals surface area contributed by atoms with Crippen molar-refractivity contribution in [2.75, 3.05) is 0 Å². The summed E-state index contributed by atoms with van der Waals surface area (Å²) in [4.78, 5) is 17.7. The van der Waals surface area contributed by atoms with E-state index in [2.05, 4.69) is 25.9 Å². The molecule has 0 fully saturated rings. The van der Waals surface area contributed by atoms with Gasteiger partial charge >= 0.3 is 5.97 Å². The first-order chi connectivity index (χ1) is 7.63. The van der Waals surface area contributed by atoms with E-state index >= 15 is 0 Å². The van der Waals surface area contributed by atoms with Crippen LogP contribution in [0.1, 0.15) is 17.2 Å². The Morgan fingerprint density at radius 1 is 1.56 bits per heavy atom. The molecule has 0 aliphatic carbocycles.